The van der Waals surface area contributed by atoms with Gasteiger partial charge in [-0.2, -0.15) is 13.2 Å². The number of hydrogen-bond donors (Lipinski definition) is 3. The molecular formula is C22H15ClF4N2O4. The monoisotopic (exact) mass is 482 g/mol. The number of hydrogen-bond acceptors (Lipinski definition) is 4. The summed E-state index contributed by atoms with van der Waals surface area (Å²) in [6.45, 7) is 0. The predicted octanol–water partition coefficient (Wildman–Crippen LogP) is 4.84. The molecule has 3 atom stereocenters. The predicted molar refractivity (Wildman–Crippen MR) is 109 cm³/mol. The van der Waals surface area contributed by atoms with Crippen molar-refractivity contribution in [3.63, 3.8) is 0 Å². The number of nitrogens with one attached hydrogen (secondary N) is 2. The first-order valence-corrected chi connectivity index (χ1v) is 9.90. The van der Waals surface area contributed by atoms with E-state index in [4.69, 9.17) is 16.0 Å². The summed E-state index contributed by atoms with van der Waals surface area (Å²) >= 11 is 5.96. The molecule has 11 heteroatoms. The van der Waals surface area contributed by atoms with Gasteiger partial charge in [-0.3, -0.25) is 4.79 Å². The molecule has 0 bridgehead atoms. The molecule has 33 heavy (non-hydrogen) atoms. The van der Waals surface area contributed by atoms with E-state index in [2.05, 4.69) is 5.32 Å². The van der Waals surface area contributed by atoms with Gasteiger partial charge in [-0.25, -0.2) is 9.18 Å². The van der Waals surface area contributed by atoms with Crippen LogP contribution in [0.2, 0.25) is 5.02 Å². The van der Waals surface area contributed by atoms with Crippen LogP contribution in [-0.2, 0) is 0 Å². The Morgan fingerprint density at radius 3 is 2.42 bits per heavy atom. The average Bonchev–Trinajstić information content (AvgIpc) is 3.23. The van der Waals surface area contributed by atoms with Gasteiger partial charge in [0.25, 0.3) is 0 Å². The Hall–Kier alpha value is -3.37. The second kappa shape index (κ2) is 8.20. The van der Waals surface area contributed by atoms with Crippen molar-refractivity contribution in [1.29, 1.82) is 0 Å². The van der Waals surface area contributed by atoms with Gasteiger partial charge in [-0.15, -0.1) is 0 Å². The Balaban J connectivity index is 1.81. The third kappa shape index (κ3) is 4.19. The van der Waals surface area contributed by atoms with Crippen LogP contribution in [0.5, 0.6) is 0 Å². The van der Waals surface area contributed by atoms with Crippen molar-refractivity contribution in [3.05, 3.63) is 82.8 Å². The number of Topliss-reactive ketones (excluding diaryl/α,β-unsaturated/α-hetero) is 1. The zero-order chi connectivity index (χ0) is 24.0. The smallest absolute Gasteiger partial charge is 0.437 e. The van der Waals surface area contributed by atoms with Gasteiger partial charge in [0.15, 0.2) is 5.78 Å². The van der Waals surface area contributed by atoms with Crippen LogP contribution in [0.3, 0.4) is 0 Å². The highest BCUT2D eigenvalue weighted by atomic mass is 35.5. The van der Waals surface area contributed by atoms with Crippen molar-refractivity contribution in [2.45, 2.75) is 17.9 Å². The highest BCUT2D eigenvalue weighted by Gasteiger charge is 2.66. The number of carbonyl (C=O) groups excluding carboxylic acids is 2. The van der Waals surface area contributed by atoms with Crippen LogP contribution in [0, 0.1) is 11.7 Å². The van der Waals surface area contributed by atoms with Crippen molar-refractivity contribution in [1.82, 2.24) is 10.6 Å². The Morgan fingerprint density at radius 1 is 1.09 bits per heavy atom. The van der Waals surface area contributed by atoms with Crippen LogP contribution >= 0.6 is 11.6 Å². The molecule has 172 valence electrons. The lowest BCUT2D eigenvalue weighted by molar-refractivity contribution is -0.288. The van der Waals surface area contributed by atoms with E-state index >= 15 is 0 Å². The molecule has 1 aliphatic heterocycles. The average molecular weight is 483 g/mol. The number of alkyl halides is 3. The first-order chi connectivity index (χ1) is 15.5. The number of ketones is 1. The summed E-state index contributed by atoms with van der Waals surface area (Å²) in [5.41, 5.74) is -3.72. The number of amides is 2. The van der Waals surface area contributed by atoms with Gasteiger partial charge in [-0.05, 0) is 48.5 Å². The first kappa shape index (κ1) is 22.8. The Labute approximate surface area is 189 Å². The zero-order valence-corrected chi connectivity index (χ0v) is 17.2. The Morgan fingerprint density at radius 2 is 1.79 bits per heavy atom. The molecule has 0 spiro atoms. The van der Waals surface area contributed by atoms with Gasteiger partial charge in [0.2, 0.25) is 5.72 Å². The van der Waals surface area contributed by atoms with Crippen LogP contribution in [0.25, 0.3) is 11.3 Å². The fraction of sp³-hybridized carbons (Fsp3) is 0.182. The summed E-state index contributed by atoms with van der Waals surface area (Å²) in [6, 6.07) is 9.87. The van der Waals surface area contributed by atoms with Crippen molar-refractivity contribution in [2.75, 3.05) is 0 Å². The van der Waals surface area contributed by atoms with E-state index in [0.717, 1.165) is 24.3 Å². The number of urea groups is 1. The second-order valence-corrected chi connectivity index (χ2v) is 7.84. The molecule has 1 aromatic heterocycles. The summed E-state index contributed by atoms with van der Waals surface area (Å²) < 4.78 is 60.8. The fourth-order valence-corrected chi connectivity index (χ4v) is 3.88. The van der Waals surface area contributed by atoms with E-state index in [0.29, 0.717) is 10.6 Å². The normalized spacial score (nSPS) is 23.0. The molecule has 2 aromatic carbocycles. The van der Waals surface area contributed by atoms with Gasteiger partial charge in [-0.1, -0.05) is 23.7 Å². The maximum Gasteiger partial charge on any atom is 0.437 e. The van der Waals surface area contributed by atoms with E-state index in [9.17, 15) is 32.3 Å². The van der Waals surface area contributed by atoms with Gasteiger partial charge in [0, 0.05) is 16.1 Å². The van der Waals surface area contributed by atoms with Crippen molar-refractivity contribution in [3.8, 4) is 11.3 Å². The van der Waals surface area contributed by atoms with Crippen LogP contribution in [0.1, 0.15) is 22.2 Å². The Bertz CT molecular complexity index is 1210. The maximum absolute atomic E-state index is 13.9. The lowest BCUT2D eigenvalue weighted by atomic mass is 9.79. The van der Waals surface area contributed by atoms with Crippen LogP contribution in [0.15, 0.2) is 65.1 Å². The summed E-state index contributed by atoms with van der Waals surface area (Å²) in [5, 5.41) is 14.6. The fourth-order valence-electron chi connectivity index (χ4n) is 3.69. The number of halogens is 5. The molecule has 3 aromatic rings. The molecule has 1 saturated heterocycles. The molecule has 0 saturated carbocycles. The van der Waals surface area contributed by atoms with Crippen molar-refractivity contribution >= 4 is 23.4 Å². The number of carbonyl (C=O) groups is 2. The summed E-state index contributed by atoms with van der Waals surface area (Å²) in [7, 11) is 0. The Kier molecular flexibility index (Phi) is 5.67. The molecule has 2 heterocycles. The summed E-state index contributed by atoms with van der Waals surface area (Å²) in [4.78, 5) is 25.2. The third-order valence-corrected chi connectivity index (χ3v) is 5.50. The molecule has 0 aliphatic carbocycles. The highest BCUT2D eigenvalue weighted by molar-refractivity contribution is 6.30. The lowest BCUT2D eigenvalue weighted by Gasteiger charge is -2.44. The molecule has 1 aliphatic rings. The van der Waals surface area contributed by atoms with Crippen molar-refractivity contribution < 1.29 is 36.7 Å². The van der Waals surface area contributed by atoms with E-state index in [1.54, 1.807) is 24.3 Å². The minimum atomic E-state index is -5.42. The number of aliphatic hydroxyl groups is 1. The molecule has 0 unspecified atom stereocenters. The largest absolute Gasteiger partial charge is 0.459 e. The summed E-state index contributed by atoms with van der Waals surface area (Å²) in [6.07, 6.45) is -5.42. The number of furan rings is 1. The van der Waals surface area contributed by atoms with Gasteiger partial charge in [0.1, 0.15) is 29.3 Å². The van der Waals surface area contributed by atoms with E-state index in [-0.39, 0.29) is 17.1 Å². The lowest BCUT2D eigenvalue weighted by Crippen LogP contribution is -2.72. The van der Waals surface area contributed by atoms with Crippen LogP contribution in [0.4, 0.5) is 22.4 Å². The van der Waals surface area contributed by atoms with Gasteiger partial charge < -0.3 is 20.2 Å². The molecule has 4 rings (SSSR count). The molecule has 1 fully saturated rings. The SMILES string of the molecule is O=C1N[C@H](c2ccc(-c3cccc(Cl)c3)o2)[C@@H](C(=O)c2ccc(F)cc2)[C@](O)(C(F)(F)F)N1. The highest BCUT2D eigenvalue weighted by Crippen LogP contribution is 2.44. The quantitative estimate of drug-likeness (QED) is 0.366. The molecule has 6 nitrogen and oxygen atoms in total. The molecule has 3 N–H and O–H groups in total. The van der Waals surface area contributed by atoms with Crippen LogP contribution in [-0.4, -0.2) is 28.8 Å². The van der Waals surface area contributed by atoms with E-state index < -0.39 is 41.5 Å². The van der Waals surface area contributed by atoms with Gasteiger partial charge in [0.05, 0.1) is 0 Å². The third-order valence-electron chi connectivity index (χ3n) is 5.26. The minimum Gasteiger partial charge on any atom is -0.459 e. The molecule has 0 radical (unpaired) electrons. The number of benzene rings is 2. The zero-order valence-electron chi connectivity index (χ0n) is 16.5. The maximum atomic E-state index is 13.9. The van der Waals surface area contributed by atoms with Crippen LogP contribution < -0.4 is 10.6 Å². The summed E-state index contributed by atoms with van der Waals surface area (Å²) in [5.74, 6) is -4.18. The molecule has 2 amide bonds. The standard InChI is InChI=1S/C22H15ClF4N2O4/c23-13-3-1-2-12(10-13)15-8-9-16(33-15)18-17(19(30)11-4-6-14(24)7-5-11)21(32,22(25,26)27)29-20(31)28-18/h1-10,17-18,32H,(H2,28,29,31)/t17-,18+,21-/m0/s1. The van der Waals surface area contributed by atoms with Crippen molar-refractivity contribution in [2.24, 2.45) is 5.92 Å². The van der Waals surface area contributed by atoms with E-state index in [1.807, 2.05) is 0 Å². The second-order valence-electron chi connectivity index (χ2n) is 7.40. The topological polar surface area (TPSA) is 91.6 Å². The number of rotatable bonds is 4. The molecular weight excluding hydrogens is 468 g/mol. The van der Waals surface area contributed by atoms with Gasteiger partial charge >= 0.3 is 12.2 Å². The first-order valence-electron chi connectivity index (χ1n) is 9.53. The van der Waals surface area contributed by atoms with E-state index in [1.165, 1.54) is 17.4 Å². The minimum absolute atomic E-state index is 0.206.